The van der Waals surface area contributed by atoms with E-state index in [0.29, 0.717) is 5.92 Å². The predicted molar refractivity (Wildman–Crippen MR) is 59.5 cm³/mol. The fourth-order valence-corrected chi connectivity index (χ4v) is 1.49. The standard InChI is InChI=1S/C11H16N2O2/c1-8(2)7-11(12)9-3-5-10(6-4-9)13(14)15/h3-6,8,11H,7,12H2,1-2H3/t11-/m0/s1. The molecule has 0 unspecified atom stereocenters. The lowest BCUT2D eigenvalue weighted by Crippen LogP contribution is -2.12. The number of nitro groups is 1. The molecule has 2 N–H and O–H groups in total. The fraction of sp³-hybridized carbons (Fsp3) is 0.455. The topological polar surface area (TPSA) is 69.2 Å². The van der Waals surface area contributed by atoms with Crippen LogP contribution in [0.4, 0.5) is 5.69 Å². The molecule has 1 rings (SSSR count). The van der Waals surface area contributed by atoms with Crippen molar-refractivity contribution in [3.63, 3.8) is 0 Å². The van der Waals surface area contributed by atoms with Gasteiger partial charge >= 0.3 is 0 Å². The average molecular weight is 208 g/mol. The van der Waals surface area contributed by atoms with Gasteiger partial charge in [-0.25, -0.2) is 0 Å². The first-order chi connectivity index (χ1) is 7.00. The van der Waals surface area contributed by atoms with Crippen LogP contribution in [-0.4, -0.2) is 4.92 Å². The molecule has 0 saturated heterocycles. The summed E-state index contributed by atoms with van der Waals surface area (Å²) >= 11 is 0. The van der Waals surface area contributed by atoms with Crippen LogP contribution in [0.3, 0.4) is 0 Å². The largest absolute Gasteiger partial charge is 0.324 e. The summed E-state index contributed by atoms with van der Waals surface area (Å²) in [7, 11) is 0. The first-order valence-corrected chi connectivity index (χ1v) is 5.00. The first-order valence-electron chi connectivity index (χ1n) is 5.00. The van der Waals surface area contributed by atoms with Gasteiger partial charge in [-0.2, -0.15) is 0 Å². The monoisotopic (exact) mass is 208 g/mol. The number of nitrogens with zero attached hydrogens (tertiary/aromatic N) is 1. The van der Waals surface area contributed by atoms with E-state index in [0.717, 1.165) is 12.0 Å². The summed E-state index contributed by atoms with van der Waals surface area (Å²) in [6, 6.07) is 6.41. The first kappa shape index (κ1) is 11.7. The second-order valence-corrected chi connectivity index (χ2v) is 4.08. The molecule has 0 aliphatic heterocycles. The molecular formula is C11H16N2O2. The van der Waals surface area contributed by atoms with Crippen molar-refractivity contribution in [1.29, 1.82) is 0 Å². The molecule has 0 fully saturated rings. The van der Waals surface area contributed by atoms with Gasteiger partial charge in [-0.3, -0.25) is 10.1 Å². The maximum atomic E-state index is 10.4. The lowest BCUT2D eigenvalue weighted by molar-refractivity contribution is -0.384. The zero-order valence-electron chi connectivity index (χ0n) is 9.01. The minimum atomic E-state index is -0.405. The maximum Gasteiger partial charge on any atom is 0.269 e. The van der Waals surface area contributed by atoms with E-state index in [9.17, 15) is 10.1 Å². The SMILES string of the molecule is CC(C)C[C@H](N)c1ccc([N+](=O)[O-])cc1. The Labute approximate surface area is 89.2 Å². The van der Waals surface area contributed by atoms with E-state index >= 15 is 0 Å². The molecule has 4 nitrogen and oxygen atoms in total. The number of benzene rings is 1. The number of hydrogen-bond donors (Lipinski definition) is 1. The van der Waals surface area contributed by atoms with Gasteiger partial charge in [-0.1, -0.05) is 26.0 Å². The molecule has 4 heteroatoms. The summed E-state index contributed by atoms with van der Waals surface area (Å²) in [6.07, 6.45) is 0.887. The number of non-ortho nitro benzene ring substituents is 1. The van der Waals surface area contributed by atoms with Crippen molar-refractivity contribution in [2.45, 2.75) is 26.3 Å². The van der Waals surface area contributed by atoms with E-state index in [1.165, 1.54) is 12.1 Å². The van der Waals surface area contributed by atoms with Crippen LogP contribution < -0.4 is 5.73 Å². The fourth-order valence-electron chi connectivity index (χ4n) is 1.49. The number of rotatable bonds is 4. The highest BCUT2D eigenvalue weighted by molar-refractivity contribution is 5.34. The molecule has 82 valence electrons. The highest BCUT2D eigenvalue weighted by atomic mass is 16.6. The summed E-state index contributed by atoms with van der Waals surface area (Å²) in [5, 5.41) is 10.4. The van der Waals surface area contributed by atoms with E-state index in [4.69, 9.17) is 5.73 Å². The van der Waals surface area contributed by atoms with Crippen LogP contribution in [0, 0.1) is 16.0 Å². The summed E-state index contributed by atoms with van der Waals surface area (Å²) < 4.78 is 0. The second kappa shape index (κ2) is 4.89. The van der Waals surface area contributed by atoms with E-state index < -0.39 is 4.92 Å². The third-order valence-corrected chi connectivity index (χ3v) is 2.26. The molecule has 1 atom stereocenters. The predicted octanol–water partition coefficient (Wildman–Crippen LogP) is 2.64. The van der Waals surface area contributed by atoms with Crippen molar-refractivity contribution in [3.05, 3.63) is 39.9 Å². The maximum absolute atomic E-state index is 10.4. The molecule has 0 aliphatic rings. The molecule has 15 heavy (non-hydrogen) atoms. The van der Waals surface area contributed by atoms with Gasteiger partial charge < -0.3 is 5.73 Å². The molecule has 0 amide bonds. The number of nitrogens with two attached hydrogens (primary N) is 1. The van der Waals surface area contributed by atoms with Crippen LogP contribution in [0.15, 0.2) is 24.3 Å². The molecule has 0 aromatic heterocycles. The molecular weight excluding hydrogens is 192 g/mol. The Morgan fingerprint density at radius 1 is 1.33 bits per heavy atom. The van der Waals surface area contributed by atoms with Crippen molar-refractivity contribution < 1.29 is 4.92 Å². The van der Waals surface area contributed by atoms with Crippen molar-refractivity contribution >= 4 is 5.69 Å². The Kier molecular flexibility index (Phi) is 3.80. The van der Waals surface area contributed by atoms with Gasteiger partial charge in [-0.15, -0.1) is 0 Å². The van der Waals surface area contributed by atoms with Crippen molar-refractivity contribution in [3.8, 4) is 0 Å². The van der Waals surface area contributed by atoms with Crippen LogP contribution in [-0.2, 0) is 0 Å². The van der Waals surface area contributed by atoms with E-state index in [1.807, 2.05) is 0 Å². The molecule has 0 bridgehead atoms. The van der Waals surface area contributed by atoms with Crippen LogP contribution in [0.5, 0.6) is 0 Å². The van der Waals surface area contributed by atoms with E-state index in [-0.39, 0.29) is 11.7 Å². The number of nitro benzene ring substituents is 1. The molecule has 0 aliphatic carbocycles. The minimum Gasteiger partial charge on any atom is -0.324 e. The third-order valence-electron chi connectivity index (χ3n) is 2.26. The average Bonchev–Trinajstić information content (AvgIpc) is 2.17. The second-order valence-electron chi connectivity index (χ2n) is 4.08. The van der Waals surface area contributed by atoms with Gasteiger partial charge in [0.05, 0.1) is 4.92 Å². The van der Waals surface area contributed by atoms with Crippen molar-refractivity contribution in [2.24, 2.45) is 11.7 Å². The summed E-state index contributed by atoms with van der Waals surface area (Å²) in [6.45, 7) is 4.20. The minimum absolute atomic E-state index is 0.0363. The Morgan fingerprint density at radius 3 is 2.27 bits per heavy atom. The number of hydrogen-bond acceptors (Lipinski definition) is 3. The highest BCUT2D eigenvalue weighted by Crippen LogP contribution is 2.21. The quantitative estimate of drug-likeness (QED) is 0.610. The molecule has 0 spiro atoms. The van der Waals surface area contributed by atoms with Crippen molar-refractivity contribution in [2.75, 3.05) is 0 Å². The summed E-state index contributed by atoms with van der Waals surface area (Å²) in [5.74, 6) is 0.523. The van der Waals surface area contributed by atoms with Gasteiger partial charge in [0, 0.05) is 18.2 Å². The summed E-state index contributed by atoms with van der Waals surface area (Å²) in [4.78, 5) is 10.0. The lowest BCUT2D eigenvalue weighted by atomic mass is 9.98. The third kappa shape index (κ3) is 3.32. The van der Waals surface area contributed by atoms with Gasteiger partial charge in [0.1, 0.15) is 0 Å². The van der Waals surface area contributed by atoms with Crippen LogP contribution in [0.1, 0.15) is 31.9 Å². The van der Waals surface area contributed by atoms with Gasteiger partial charge in [0.2, 0.25) is 0 Å². The Hall–Kier alpha value is -1.42. The van der Waals surface area contributed by atoms with Crippen LogP contribution in [0.25, 0.3) is 0 Å². The van der Waals surface area contributed by atoms with E-state index in [1.54, 1.807) is 12.1 Å². The molecule has 0 saturated carbocycles. The highest BCUT2D eigenvalue weighted by Gasteiger charge is 2.10. The Bertz CT molecular complexity index is 333. The molecule has 0 radical (unpaired) electrons. The zero-order chi connectivity index (χ0) is 11.4. The van der Waals surface area contributed by atoms with Crippen LogP contribution >= 0.6 is 0 Å². The van der Waals surface area contributed by atoms with Gasteiger partial charge in [-0.05, 0) is 17.9 Å². The molecule has 1 aromatic rings. The summed E-state index contributed by atoms with van der Waals surface area (Å²) in [5.41, 5.74) is 7.01. The normalized spacial score (nSPS) is 12.8. The van der Waals surface area contributed by atoms with E-state index in [2.05, 4.69) is 13.8 Å². The molecule has 0 heterocycles. The van der Waals surface area contributed by atoms with Gasteiger partial charge in [0.15, 0.2) is 0 Å². The Balaban J connectivity index is 2.75. The van der Waals surface area contributed by atoms with Crippen LogP contribution in [0.2, 0.25) is 0 Å². The Morgan fingerprint density at radius 2 is 1.87 bits per heavy atom. The van der Waals surface area contributed by atoms with Gasteiger partial charge in [0.25, 0.3) is 5.69 Å². The smallest absolute Gasteiger partial charge is 0.269 e. The molecule has 1 aromatic carbocycles. The zero-order valence-corrected chi connectivity index (χ0v) is 9.01. The van der Waals surface area contributed by atoms with Crippen molar-refractivity contribution in [1.82, 2.24) is 0 Å². The lowest BCUT2D eigenvalue weighted by Gasteiger charge is -2.13.